The molecule has 1 atom stereocenters. The molecule has 58 valence electrons. The van der Waals surface area contributed by atoms with Gasteiger partial charge in [-0.25, -0.2) is 4.79 Å². The Morgan fingerprint density at radius 1 is 1.70 bits per heavy atom. The lowest BCUT2D eigenvalue weighted by Gasteiger charge is -1.87. The van der Waals surface area contributed by atoms with Crippen molar-refractivity contribution in [1.29, 1.82) is 0 Å². The van der Waals surface area contributed by atoms with E-state index in [9.17, 15) is 9.00 Å². The molecule has 0 aromatic carbocycles. The Morgan fingerprint density at radius 2 is 2.30 bits per heavy atom. The highest BCUT2D eigenvalue weighted by molar-refractivity contribution is 7.87. The van der Waals surface area contributed by atoms with Crippen molar-refractivity contribution in [3.63, 3.8) is 0 Å². The zero-order chi connectivity index (χ0) is 7.98. The third-order valence-electron chi connectivity index (χ3n) is 0.768. The quantitative estimate of drug-likeness (QED) is 0.620. The number of rotatable bonds is 4. The van der Waals surface area contributed by atoms with Gasteiger partial charge in [0.15, 0.2) is 0 Å². The van der Waals surface area contributed by atoms with Crippen LogP contribution in [-0.2, 0) is 15.6 Å². The standard InChI is InChI=1S/C6H10O3S/c1-2-4-10(9)5-3-6(7)8/h3,5H,2,4H2,1H3,(H,7,8)/b5-3+. The first-order valence-electron chi connectivity index (χ1n) is 2.95. The van der Waals surface area contributed by atoms with Crippen LogP contribution in [-0.4, -0.2) is 21.0 Å². The summed E-state index contributed by atoms with van der Waals surface area (Å²) < 4.78 is 10.7. The van der Waals surface area contributed by atoms with Crippen LogP contribution in [0.15, 0.2) is 11.5 Å². The molecule has 0 bridgehead atoms. The van der Waals surface area contributed by atoms with Crippen LogP contribution in [0.4, 0.5) is 0 Å². The fraction of sp³-hybridized carbons (Fsp3) is 0.500. The van der Waals surface area contributed by atoms with Crippen molar-refractivity contribution in [3.8, 4) is 0 Å². The highest BCUT2D eigenvalue weighted by atomic mass is 32.2. The molecule has 1 unspecified atom stereocenters. The Kier molecular flexibility index (Phi) is 4.84. The highest BCUT2D eigenvalue weighted by Crippen LogP contribution is 1.88. The molecule has 0 aromatic heterocycles. The van der Waals surface area contributed by atoms with Gasteiger partial charge >= 0.3 is 5.97 Å². The number of carboxylic acid groups (broad SMARTS) is 1. The molecule has 0 aliphatic rings. The zero-order valence-electron chi connectivity index (χ0n) is 5.74. The average Bonchev–Trinajstić information content (AvgIpc) is 1.85. The molecule has 0 heterocycles. The summed E-state index contributed by atoms with van der Waals surface area (Å²) in [6, 6.07) is 0. The van der Waals surface area contributed by atoms with Crippen molar-refractivity contribution in [2.24, 2.45) is 0 Å². The van der Waals surface area contributed by atoms with Gasteiger partial charge < -0.3 is 5.11 Å². The van der Waals surface area contributed by atoms with Crippen molar-refractivity contribution >= 4 is 16.8 Å². The van der Waals surface area contributed by atoms with Gasteiger partial charge in [-0.05, 0) is 6.42 Å². The van der Waals surface area contributed by atoms with E-state index in [4.69, 9.17) is 5.11 Å². The lowest BCUT2D eigenvalue weighted by Crippen LogP contribution is -1.93. The van der Waals surface area contributed by atoms with E-state index >= 15 is 0 Å². The fourth-order valence-corrected chi connectivity index (χ4v) is 1.21. The van der Waals surface area contributed by atoms with Gasteiger partial charge in [0.1, 0.15) is 0 Å². The van der Waals surface area contributed by atoms with Gasteiger partial charge in [-0.1, -0.05) is 6.92 Å². The summed E-state index contributed by atoms with van der Waals surface area (Å²) in [5.74, 6) is -0.520. The first-order valence-corrected chi connectivity index (χ1v) is 4.33. The van der Waals surface area contributed by atoms with E-state index in [0.717, 1.165) is 12.5 Å². The molecule has 4 heteroatoms. The summed E-state index contributed by atoms with van der Waals surface area (Å²) in [7, 11) is -1.10. The Balaban J connectivity index is 3.67. The molecule has 0 saturated heterocycles. The van der Waals surface area contributed by atoms with E-state index in [2.05, 4.69) is 0 Å². The molecular formula is C6H10O3S. The normalized spacial score (nSPS) is 13.7. The fourth-order valence-electron chi connectivity index (χ4n) is 0.403. The largest absolute Gasteiger partial charge is 0.478 e. The van der Waals surface area contributed by atoms with E-state index in [1.807, 2.05) is 6.92 Å². The van der Waals surface area contributed by atoms with Crippen molar-refractivity contribution in [3.05, 3.63) is 11.5 Å². The molecule has 0 aliphatic carbocycles. The molecule has 1 N–H and O–H groups in total. The van der Waals surface area contributed by atoms with Crippen LogP contribution >= 0.6 is 0 Å². The summed E-state index contributed by atoms with van der Waals surface area (Å²) in [6.45, 7) is 1.90. The highest BCUT2D eigenvalue weighted by Gasteiger charge is 1.91. The zero-order valence-corrected chi connectivity index (χ0v) is 6.56. The molecule has 3 nitrogen and oxygen atoms in total. The molecule has 0 rings (SSSR count). The number of hydrogen-bond donors (Lipinski definition) is 1. The Hall–Kier alpha value is -0.640. The van der Waals surface area contributed by atoms with Gasteiger partial charge in [0, 0.05) is 28.0 Å². The molecule has 0 aromatic rings. The Morgan fingerprint density at radius 3 is 2.70 bits per heavy atom. The van der Waals surface area contributed by atoms with E-state index in [0.29, 0.717) is 5.75 Å². The van der Waals surface area contributed by atoms with Crippen LogP contribution in [0.1, 0.15) is 13.3 Å². The molecule has 0 radical (unpaired) electrons. The lowest BCUT2D eigenvalue weighted by atomic mass is 10.6. The van der Waals surface area contributed by atoms with Crippen LogP contribution < -0.4 is 0 Å². The molecule has 0 saturated carbocycles. The van der Waals surface area contributed by atoms with Gasteiger partial charge in [0.05, 0.1) is 0 Å². The predicted molar refractivity (Wildman–Crippen MR) is 40.1 cm³/mol. The maximum absolute atomic E-state index is 10.7. The number of aliphatic carboxylic acids is 1. The number of hydrogen-bond acceptors (Lipinski definition) is 2. The van der Waals surface area contributed by atoms with Gasteiger partial charge in [-0.2, -0.15) is 0 Å². The van der Waals surface area contributed by atoms with Gasteiger partial charge in [-0.3, -0.25) is 4.21 Å². The summed E-state index contributed by atoms with van der Waals surface area (Å²) >= 11 is 0. The van der Waals surface area contributed by atoms with Crippen molar-refractivity contribution < 1.29 is 14.1 Å². The minimum absolute atomic E-state index is 0.532. The van der Waals surface area contributed by atoms with Crippen LogP contribution in [0.25, 0.3) is 0 Å². The van der Waals surface area contributed by atoms with Gasteiger partial charge in [-0.15, -0.1) is 0 Å². The summed E-state index contributed by atoms with van der Waals surface area (Å²) in [5, 5.41) is 9.31. The lowest BCUT2D eigenvalue weighted by molar-refractivity contribution is -0.131. The number of carbonyl (C=O) groups is 1. The topological polar surface area (TPSA) is 54.4 Å². The summed E-state index contributed by atoms with van der Waals surface area (Å²) in [6.07, 6.45) is 1.71. The first-order chi connectivity index (χ1) is 4.66. The molecule has 0 spiro atoms. The maximum atomic E-state index is 10.7. The Bertz CT molecular complexity index is 162. The number of carboxylic acids is 1. The van der Waals surface area contributed by atoms with Gasteiger partial charge in [0.2, 0.25) is 0 Å². The minimum Gasteiger partial charge on any atom is -0.478 e. The smallest absolute Gasteiger partial charge is 0.328 e. The van der Waals surface area contributed by atoms with Crippen LogP contribution in [0.2, 0.25) is 0 Å². The molecular weight excluding hydrogens is 152 g/mol. The second kappa shape index (κ2) is 5.17. The van der Waals surface area contributed by atoms with E-state index < -0.39 is 16.8 Å². The third-order valence-corrected chi connectivity index (χ3v) is 2.02. The second-order valence-electron chi connectivity index (χ2n) is 1.73. The predicted octanol–water partition coefficient (Wildman–Crippen LogP) is 0.743. The first kappa shape index (κ1) is 9.36. The Labute approximate surface area is 62.2 Å². The van der Waals surface area contributed by atoms with Crippen LogP contribution in [0.3, 0.4) is 0 Å². The van der Waals surface area contributed by atoms with Crippen LogP contribution in [0, 0.1) is 0 Å². The molecule has 0 fully saturated rings. The SMILES string of the molecule is CCCS(=O)/C=C/C(=O)O. The van der Waals surface area contributed by atoms with E-state index in [-0.39, 0.29) is 0 Å². The van der Waals surface area contributed by atoms with Gasteiger partial charge in [0.25, 0.3) is 0 Å². The second-order valence-corrected chi connectivity index (χ2v) is 3.17. The van der Waals surface area contributed by atoms with E-state index in [1.165, 1.54) is 5.41 Å². The van der Waals surface area contributed by atoms with Crippen molar-refractivity contribution in [2.75, 3.05) is 5.75 Å². The monoisotopic (exact) mass is 162 g/mol. The van der Waals surface area contributed by atoms with Crippen molar-refractivity contribution in [2.45, 2.75) is 13.3 Å². The average molecular weight is 162 g/mol. The summed E-state index contributed by atoms with van der Waals surface area (Å²) in [5.41, 5.74) is 0. The van der Waals surface area contributed by atoms with Crippen LogP contribution in [0.5, 0.6) is 0 Å². The molecule has 10 heavy (non-hydrogen) atoms. The molecule has 0 amide bonds. The third kappa shape index (κ3) is 5.50. The van der Waals surface area contributed by atoms with Crippen molar-refractivity contribution in [1.82, 2.24) is 0 Å². The van der Waals surface area contributed by atoms with E-state index in [1.54, 1.807) is 0 Å². The minimum atomic E-state index is -1.10. The summed E-state index contributed by atoms with van der Waals surface area (Å²) in [4.78, 5) is 9.89. The maximum Gasteiger partial charge on any atom is 0.328 e. The molecule has 0 aliphatic heterocycles.